The first kappa shape index (κ1) is 12.9. The summed E-state index contributed by atoms with van der Waals surface area (Å²) in [5.74, 6) is 0. The van der Waals surface area contributed by atoms with Crippen molar-refractivity contribution in [1.82, 2.24) is 0 Å². The highest BCUT2D eigenvalue weighted by molar-refractivity contribution is 6.13. The standard InChI is InChI=1S/C18H14.C2H6/c1-12-10-15-6-2-4-13-8-9-14-5-3-7-16(11-12)18(14)17(13)15;1-2/h2-10H,11H2,1H3;1-2H3. The molecule has 0 spiro atoms. The van der Waals surface area contributed by atoms with Crippen LogP contribution in [0.4, 0.5) is 0 Å². The predicted molar refractivity (Wildman–Crippen MR) is 90.2 cm³/mol. The average Bonchev–Trinajstić information content (AvgIpc) is 2.63. The van der Waals surface area contributed by atoms with Gasteiger partial charge in [0.1, 0.15) is 0 Å². The molecule has 0 bridgehead atoms. The molecule has 0 heterocycles. The Morgan fingerprint density at radius 1 is 0.750 bits per heavy atom. The van der Waals surface area contributed by atoms with E-state index in [0.29, 0.717) is 0 Å². The van der Waals surface area contributed by atoms with Gasteiger partial charge in [-0.25, -0.2) is 0 Å². The van der Waals surface area contributed by atoms with Gasteiger partial charge in [0.25, 0.3) is 0 Å². The Morgan fingerprint density at radius 3 is 2.15 bits per heavy atom. The van der Waals surface area contributed by atoms with Crippen LogP contribution in [0, 0.1) is 0 Å². The predicted octanol–water partition coefficient (Wildman–Crippen LogP) is 5.98. The Morgan fingerprint density at radius 2 is 1.40 bits per heavy atom. The van der Waals surface area contributed by atoms with Crippen molar-refractivity contribution in [3.05, 3.63) is 65.2 Å². The lowest BCUT2D eigenvalue weighted by molar-refractivity contribution is 1.18. The first-order chi connectivity index (χ1) is 9.83. The highest BCUT2D eigenvalue weighted by Crippen LogP contribution is 2.35. The quantitative estimate of drug-likeness (QED) is 0.436. The third kappa shape index (κ3) is 1.92. The summed E-state index contributed by atoms with van der Waals surface area (Å²) in [7, 11) is 0. The zero-order valence-electron chi connectivity index (χ0n) is 12.4. The van der Waals surface area contributed by atoms with Gasteiger partial charge in [-0.15, -0.1) is 0 Å². The molecule has 0 radical (unpaired) electrons. The van der Waals surface area contributed by atoms with E-state index in [4.69, 9.17) is 0 Å². The second-order valence-electron chi connectivity index (χ2n) is 5.19. The first-order valence-corrected chi connectivity index (χ1v) is 7.43. The molecule has 0 atom stereocenters. The molecule has 0 N–H and O–H groups in total. The number of rotatable bonds is 0. The molecule has 0 saturated carbocycles. The van der Waals surface area contributed by atoms with E-state index in [0.717, 1.165) is 6.42 Å². The van der Waals surface area contributed by atoms with Crippen LogP contribution in [0.5, 0.6) is 0 Å². The van der Waals surface area contributed by atoms with E-state index >= 15 is 0 Å². The van der Waals surface area contributed by atoms with E-state index in [-0.39, 0.29) is 0 Å². The third-order valence-electron chi connectivity index (χ3n) is 3.88. The van der Waals surface area contributed by atoms with Crippen LogP contribution in [0.1, 0.15) is 31.9 Å². The summed E-state index contributed by atoms with van der Waals surface area (Å²) >= 11 is 0. The molecule has 20 heavy (non-hydrogen) atoms. The molecule has 0 unspecified atom stereocenters. The Bertz CT molecular complexity index is 807. The second kappa shape index (κ2) is 5.13. The summed E-state index contributed by atoms with van der Waals surface area (Å²) in [5, 5.41) is 5.56. The Hall–Kier alpha value is -2.08. The topological polar surface area (TPSA) is 0 Å². The molecule has 4 rings (SSSR count). The van der Waals surface area contributed by atoms with Gasteiger partial charge in [0.15, 0.2) is 0 Å². The number of allylic oxidation sites excluding steroid dienone is 1. The van der Waals surface area contributed by atoms with Gasteiger partial charge in [-0.2, -0.15) is 0 Å². The van der Waals surface area contributed by atoms with E-state index in [1.54, 1.807) is 0 Å². The maximum atomic E-state index is 2.34. The lowest BCUT2D eigenvalue weighted by Crippen LogP contribution is -1.87. The molecule has 0 aromatic heterocycles. The number of benzene rings is 3. The molecule has 0 saturated heterocycles. The summed E-state index contributed by atoms with van der Waals surface area (Å²) in [5.41, 5.74) is 4.25. The van der Waals surface area contributed by atoms with Crippen molar-refractivity contribution in [2.75, 3.05) is 0 Å². The van der Waals surface area contributed by atoms with Crippen LogP contribution in [-0.2, 0) is 6.42 Å². The Kier molecular flexibility index (Phi) is 3.31. The van der Waals surface area contributed by atoms with Gasteiger partial charge >= 0.3 is 0 Å². The molecule has 100 valence electrons. The number of hydrogen-bond donors (Lipinski definition) is 0. The van der Waals surface area contributed by atoms with Crippen LogP contribution in [0.2, 0.25) is 0 Å². The molecule has 3 aromatic rings. The van der Waals surface area contributed by atoms with Crippen LogP contribution < -0.4 is 0 Å². The first-order valence-electron chi connectivity index (χ1n) is 7.43. The van der Waals surface area contributed by atoms with Crippen molar-refractivity contribution in [2.24, 2.45) is 0 Å². The SMILES string of the molecule is CC.CC1=Cc2cccc3ccc4cccc(c4c23)C1. The minimum Gasteiger partial charge on any atom is -0.0683 e. The van der Waals surface area contributed by atoms with E-state index in [2.05, 4.69) is 61.5 Å². The molecule has 0 fully saturated rings. The maximum Gasteiger partial charge on any atom is -0.00300 e. The van der Waals surface area contributed by atoms with E-state index in [1.165, 1.54) is 38.2 Å². The highest BCUT2D eigenvalue weighted by Gasteiger charge is 2.12. The average molecular weight is 260 g/mol. The highest BCUT2D eigenvalue weighted by atomic mass is 14.2. The minimum atomic E-state index is 1.06. The lowest BCUT2D eigenvalue weighted by Gasteiger charge is -2.09. The zero-order valence-corrected chi connectivity index (χ0v) is 12.4. The Balaban J connectivity index is 0.000000581. The van der Waals surface area contributed by atoms with Crippen molar-refractivity contribution in [1.29, 1.82) is 0 Å². The molecule has 3 aromatic carbocycles. The van der Waals surface area contributed by atoms with Crippen molar-refractivity contribution >= 4 is 27.6 Å². The molecule has 0 amide bonds. The van der Waals surface area contributed by atoms with Gasteiger partial charge in [-0.1, -0.05) is 74.0 Å². The summed E-state index contributed by atoms with van der Waals surface area (Å²) < 4.78 is 0. The van der Waals surface area contributed by atoms with Crippen molar-refractivity contribution < 1.29 is 0 Å². The van der Waals surface area contributed by atoms with Crippen LogP contribution in [-0.4, -0.2) is 0 Å². The smallest absolute Gasteiger partial charge is 0.00300 e. The van der Waals surface area contributed by atoms with Crippen molar-refractivity contribution in [3.63, 3.8) is 0 Å². The summed E-state index contributed by atoms with van der Waals surface area (Å²) in [6.07, 6.45) is 3.40. The van der Waals surface area contributed by atoms with Crippen molar-refractivity contribution in [2.45, 2.75) is 27.2 Å². The third-order valence-corrected chi connectivity index (χ3v) is 3.88. The fourth-order valence-electron chi connectivity index (χ4n) is 3.14. The second-order valence-corrected chi connectivity index (χ2v) is 5.19. The summed E-state index contributed by atoms with van der Waals surface area (Å²) in [4.78, 5) is 0. The van der Waals surface area contributed by atoms with Gasteiger partial charge in [-0.3, -0.25) is 0 Å². The van der Waals surface area contributed by atoms with Crippen LogP contribution in [0.15, 0.2) is 54.1 Å². The molecule has 1 aliphatic carbocycles. The van der Waals surface area contributed by atoms with Crippen molar-refractivity contribution in [3.8, 4) is 0 Å². The molecular formula is C20H20. The molecular weight excluding hydrogens is 240 g/mol. The van der Waals surface area contributed by atoms with Gasteiger partial charge in [0, 0.05) is 0 Å². The minimum absolute atomic E-state index is 1.06. The van der Waals surface area contributed by atoms with E-state index in [1.807, 2.05) is 13.8 Å². The number of hydrogen-bond acceptors (Lipinski definition) is 0. The van der Waals surface area contributed by atoms with Crippen LogP contribution >= 0.6 is 0 Å². The van der Waals surface area contributed by atoms with Gasteiger partial charge in [0.05, 0.1) is 0 Å². The van der Waals surface area contributed by atoms with Crippen LogP contribution in [0.25, 0.3) is 27.6 Å². The summed E-state index contributed by atoms with van der Waals surface area (Å²) in [6, 6.07) is 17.7. The molecule has 1 aliphatic rings. The van der Waals surface area contributed by atoms with Crippen LogP contribution in [0.3, 0.4) is 0 Å². The van der Waals surface area contributed by atoms with E-state index in [9.17, 15) is 0 Å². The fourth-order valence-corrected chi connectivity index (χ4v) is 3.14. The lowest BCUT2D eigenvalue weighted by atomic mass is 9.95. The molecule has 0 nitrogen and oxygen atoms in total. The van der Waals surface area contributed by atoms with Gasteiger partial charge in [0.2, 0.25) is 0 Å². The largest absolute Gasteiger partial charge is 0.0683 e. The zero-order chi connectivity index (χ0) is 14.1. The molecule has 0 aliphatic heterocycles. The normalized spacial score (nSPS) is 12.8. The monoisotopic (exact) mass is 260 g/mol. The van der Waals surface area contributed by atoms with Gasteiger partial charge in [-0.05, 0) is 46.0 Å². The maximum absolute atomic E-state index is 2.34. The van der Waals surface area contributed by atoms with Gasteiger partial charge < -0.3 is 0 Å². The Labute approximate surface area is 120 Å². The molecule has 0 heteroatoms. The summed E-state index contributed by atoms with van der Waals surface area (Å²) in [6.45, 7) is 6.23. The van der Waals surface area contributed by atoms with E-state index < -0.39 is 0 Å². The fraction of sp³-hybridized carbons (Fsp3) is 0.200.